The van der Waals surface area contributed by atoms with E-state index in [-0.39, 0.29) is 24.2 Å². The molecule has 1 aliphatic rings. The van der Waals surface area contributed by atoms with E-state index in [2.05, 4.69) is 10.4 Å². The summed E-state index contributed by atoms with van der Waals surface area (Å²) in [6, 6.07) is 0.0317. The molecule has 1 aromatic heterocycles. The molecule has 0 bridgehead atoms. The van der Waals surface area contributed by atoms with Crippen molar-refractivity contribution < 1.29 is 13.2 Å². The van der Waals surface area contributed by atoms with Gasteiger partial charge in [0, 0.05) is 18.2 Å². The number of nitrogens with one attached hydrogen (secondary N) is 1. The van der Waals surface area contributed by atoms with E-state index in [9.17, 15) is 13.2 Å². The highest BCUT2D eigenvalue weighted by Gasteiger charge is 2.39. The van der Waals surface area contributed by atoms with Crippen molar-refractivity contribution in [2.45, 2.75) is 77.2 Å². The standard InChI is InChI=1S/C15H24F3N3/c1-11(2)19-9-12-10-20-21(14(12)15(16,17)18)13-7-5-3-4-6-8-13/h10-11,13,19H,3-9H2,1-2H3. The molecule has 120 valence electrons. The predicted molar refractivity (Wildman–Crippen MR) is 75.9 cm³/mol. The van der Waals surface area contributed by atoms with Crippen LogP contribution in [0.1, 0.15) is 69.7 Å². The zero-order chi connectivity index (χ0) is 15.5. The van der Waals surface area contributed by atoms with E-state index in [1.54, 1.807) is 0 Å². The molecule has 6 heteroatoms. The molecule has 0 spiro atoms. The van der Waals surface area contributed by atoms with Gasteiger partial charge in [0.25, 0.3) is 0 Å². The zero-order valence-corrected chi connectivity index (χ0v) is 12.7. The minimum absolute atomic E-state index is 0.114. The average Bonchev–Trinajstić information content (AvgIpc) is 2.63. The van der Waals surface area contributed by atoms with E-state index in [4.69, 9.17) is 0 Å². The molecular formula is C15H24F3N3. The lowest BCUT2D eigenvalue weighted by molar-refractivity contribution is -0.145. The van der Waals surface area contributed by atoms with Gasteiger partial charge in [-0.15, -0.1) is 0 Å². The second-order valence-electron chi connectivity index (χ2n) is 6.14. The second-order valence-corrected chi connectivity index (χ2v) is 6.14. The summed E-state index contributed by atoms with van der Waals surface area (Å²) in [5.41, 5.74) is -0.317. The van der Waals surface area contributed by atoms with Gasteiger partial charge in [0.2, 0.25) is 0 Å². The summed E-state index contributed by atoms with van der Waals surface area (Å²) in [5, 5.41) is 7.13. The van der Waals surface area contributed by atoms with Gasteiger partial charge in [0.05, 0.1) is 12.2 Å². The predicted octanol–water partition coefficient (Wildman–Crippen LogP) is 4.30. The number of hydrogen-bond donors (Lipinski definition) is 1. The topological polar surface area (TPSA) is 29.9 Å². The smallest absolute Gasteiger partial charge is 0.310 e. The Bertz CT molecular complexity index is 444. The Morgan fingerprint density at radius 2 is 1.86 bits per heavy atom. The first kappa shape index (κ1) is 16.3. The highest BCUT2D eigenvalue weighted by Crippen LogP contribution is 2.36. The van der Waals surface area contributed by atoms with Crippen LogP contribution in [0.5, 0.6) is 0 Å². The molecule has 0 saturated heterocycles. The SMILES string of the molecule is CC(C)NCc1cnn(C2CCCCCC2)c1C(F)(F)F. The van der Waals surface area contributed by atoms with Gasteiger partial charge < -0.3 is 5.32 Å². The molecule has 0 amide bonds. The molecule has 1 heterocycles. The Balaban J connectivity index is 2.27. The van der Waals surface area contributed by atoms with Gasteiger partial charge in [0.15, 0.2) is 0 Å². The van der Waals surface area contributed by atoms with E-state index in [1.165, 1.54) is 10.9 Å². The third kappa shape index (κ3) is 4.22. The first-order valence-electron chi connectivity index (χ1n) is 7.76. The average molecular weight is 303 g/mol. The molecule has 1 N–H and O–H groups in total. The number of rotatable bonds is 4. The van der Waals surface area contributed by atoms with Crippen LogP contribution in [0.3, 0.4) is 0 Å². The third-order valence-electron chi connectivity index (χ3n) is 4.01. The molecule has 0 aromatic carbocycles. The first-order chi connectivity index (χ1) is 9.89. The largest absolute Gasteiger partial charge is 0.433 e. The van der Waals surface area contributed by atoms with Crippen LogP contribution in [0, 0.1) is 0 Å². The summed E-state index contributed by atoms with van der Waals surface area (Å²) < 4.78 is 41.5. The lowest BCUT2D eigenvalue weighted by atomic mass is 10.1. The minimum atomic E-state index is -4.35. The van der Waals surface area contributed by atoms with Crippen molar-refractivity contribution in [2.24, 2.45) is 0 Å². The van der Waals surface area contributed by atoms with Gasteiger partial charge >= 0.3 is 6.18 Å². The minimum Gasteiger partial charge on any atom is -0.310 e. The molecule has 21 heavy (non-hydrogen) atoms. The Labute approximate surface area is 123 Å². The normalized spacial score (nSPS) is 18.2. The lowest BCUT2D eigenvalue weighted by Gasteiger charge is -2.20. The van der Waals surface area contributed by atoms with Gasteiger partial charge in [-0.3, -0.25) is 4.68 Å². The molecule has 0 aliphatic heterocycles. The zero-order valence-electron chi connectivity index (χ0n) is 12.7. The fourth-order valence-corrected chi connectivity index (χ4v) is 2.93. The van der Waals surface area contributed by atoms with Crippen LogP contribution < -0.4 is 5.32 Å². The number of hydrogen-bond acceptors (Lipinski definition) is 2. The van der Waals surface area contributed by atoms with Crippen LogP contribution in [0.25, 0.3) is 0 Å². The van der Waals surface area contributed by atoms with Crippen molar-refractivity contribution in [2.75, 3.05) is 0 Å². The van der Waals surface area contributed by atoms with Gasteiger partial charge in [-0.1, -0.05) is 39.5 Å². The molecule has 0 radical (unpaired) electrons. The van der Waals surface area contributed by atoms with E-state index in [0.717, 1.165) is 38.5 Å². The van der Waals surface area contributed by atoms with Crippen molar-refractivity contribution in [1.29, 1.82) is 0 Å². The molecule has 3 nitrogen and oxygen atoms in total. The van der Waals surface area contributed by atoms with Crippen LogP contribution in [-0.2, 0) is 12.7 Å². The van der Waals surface area contributed by atoms with Gasteiger partial charge in [-0.05, 0) is 12.8 Å². The quantitative estimate of drug-likeness (QED) is 0.841. The lowest BCUT2D eigenvalue weighted by Crippen LogP contribution is -2.25. The van der Waals surface area contributed by atoms with Crippen molar-refractivity contribution in [3.63, 3.8) is 0 Å². The Morgan fingerprint density at radius 3 is 2.38 bits per heavy atom. The second kappa shape index (κ2) is 6.81. The first-order valence-corrected chi connectivity index (χ1v) is 7.76. The van der Waals surface area contributed by atoms with Gasteiger partial charge in [0.1, 0.15) is 5.69 Å². The summed E-state index contributed by atoms with van der Waals surface area (Å²) in [5.74, 6) is 0. The molecule has 0 atom stereocenters. The molecule has 1 aromatic rings. The summed E-state index contributed by atoms with van der Waals surface area (Å²) in [4.78, 5) is 0. The van der Waals surface area contributed by atoms with Crippen molar-refractivity contribution in [1.82, 2.24) is 15.1 Å². The molecule has 1 aliphatic carbocycles. The number of nitrogens with zero attached hydrogens (tertiary/aromatic N) is 2. The summed E-state index contributed by atoms with van der Waals surface area (Å²) in [6.07, 6.45) is 2.81. The highest BCUT2D eigenvalue weighted by atomic mass is 19.4. The molecule has 1 fully saturated rings. The molecule has 2 rings (SSSR count). The van der Waals surface area contributed by atoms with Crippen LogP contribution in [0.4, 0.5) is 13.2 Å². The van der Waals surface area contributed by atoms with E-state index in [1.807, 2.05) is 13.8 Å². The van der Waals surface area contributed by atoms with Gasteiger partial charge in [-0.2, -0.15) is 18.3 Å². The fraction of sp³-hybridized carbons (Fsp3) is 0.800. The number of aromatic nitrogens is 2. The van der Waals surface area contributed by atoms with Crippen molar-refractivity contribution >= 4 is 0 Å². The van der Waals surface area contributed by atoms with Crippen LogP contribution in [0.15, 0.2) is 6.20 Å². The van der Waals surface area contributed by atoms with E-state index < -0.39 is 11.9 Å². The third-order valence-corrected chi connectivity index (χ3v) is 4.01. The van der Waals surface area contributed by atoms with Crippen molar-refractivity contribution in [3.8, 4) is 0 Å². The van der Waals surface area contributed by atoms with Crippen LogP contribution in [-0.4, -0.2) is 15.8 Å². The number of halogens is 3. The summed E-state index contributed by atoms with van der Waals surface area (Å²) >= 11 is 0. The maximum Gasteiger partial charge on any atom is 0.433 e. The van der Waals surface area contributed by atoms with E-state index >= 15 is 0 Å². The molecule has 1 saturated carbocycles. The van der Waals surface area contributed by atoms with Crippen molar-refractivity contribution in [3.05, 3.63) is 17.5 Å². The Morgan fingerprint density at radius 1 is 1.24 bits per heavy atom. The van der Waals surface area contributed by atoms with Crippen LogP contribution >= 0.6 is 0 Å². The van der Waals surface area contributed by atoms with Gasteiger partial charge in [-0.25, -0.2) is 0 Å². The molecular weight excluding hydrogens is 279 g/mol. The Hall–Kier alpha value is -1.04. The Kier molecular flexibility index (Phi) is 5.30. The van der Waals surface area contributed by atoms with E-state index in [0.29, 0.717) is 0 Å². The monoisotopic (exact) mass is 303 g/mol. The van der Waals surface area contributed by atoms with Crippen LogP contribution in [0.2, 0.25) is 0 Å². The maximum atomic E-state index is 13.4. The summed E-state index contributed by atoms with van der Waals surface area (Å²) in [7, 11) is 0. The number of alkyl halides is 3. The summed E-state index contributed by atoms with van der Waals surface area (Å²) in [6.45, 7) is 4.05. The maximum absolute atomic E-state index is 13.4. The fourth-order valence-electron chi connectivity index (χ4n) is 2.93. The highest BCUT2D eigenvalue weighted by molar-refractivity contribution is 5.21. The molecule has 0 unspecified atom stereocenters.